The molecule has 0 aliphatic carbocycles. The van der Waals surface area contributed by atoms with E-state index in [4.69, 9.17) is 4.74 Å². The summed E-state index contributed by atoms with van der Waals surface area (Å²) in [5.74, 6) is 2.39. The van der Waals surface area contributed by atoms with Crippen LogP contribution in [-0.4, -0.2) is 49.9 Å². The molecular weight excluding hydrogens is 234 g/mol. The number of Topliss-reactive ketones (excluding diaryl/α,β-unsaturated/α-hetero) is 1. The Labute approximate surface area is 107 Å². The van der Waals surface area contributed by atoms with Gasteiger partial charge in [-0.05, 0) is 26.2 Å². The number of rotatable bonds is 7. The summed E-state index contributed by atoms with van der Waals surface area (Å²) in [5, 5.41) is 0. The minimum atomic E-state index is 0.160. The molecule has 0 saturated carbocycles. The van der Waals surface area contributed by atoms with Crippen molar-refractivity contribution < 1.29 is 9.53 Å². The van der Waals surface area contributed by atoms with Gasteiger partial charge in [0.1, 0.15) is 5.75 Å². The monoisotopic (exact) mass is 253 g/mol. The first-order valence-corrected chi connectivity index (χ1v) is 6.68. The Balaban J connectivity index is 2.41. The number of nitrogens with zero attached hydrogens (tertiary/aromatic N) is 1. The molecule has 0 saturated heterocycles. The number of ether oxygens (including phenoxy) is 1. The predicted octanol–water partition coefficient (Wildman–Crippen LogP) is 2.17. The van der Waals surface area contributed by atoms with Crippen LogP contribution in [0.4, 0.5) is 0 Å². The maximum absolute atomic E-state index is 11.9. The average molecular weight is 253 g/mol. The quantitative estimate of drug-likeness (QED) is 0.550. The van der Waals surface area contributed by atoms with Gasteiger partial charge in [0.2, 0.25) is 0 Å². The van der Waals surface area contributed by atoms with Crippen molar-refractivity contribution in [1.82, 2.24) is 4.90 Å². The van der Waals surface area contributed by atoms with Crippen LogP contribution < -0.4 is 4.74 Å². The second-order valence-corrected chi connectivity index (χ2v) is 5.12. The van der Waals surface area contributed by atoms with E-state index in [1.54, 1.807) is 24.9 Å². The highest BCUT2D eigenvalue weighted by Crippen LogP contribution is 2.14. The third-order valence-electron chi connectivity index (χ3n) is 2.31. The van der Waals surface area contributed by atoms with Crippen molar-refractivity contribution in [1.29, 1.82) is 0 Å². The highest BCUT2D eigenvalue weighted by Gasteiger charge is 2.06. The zero-order valence-corrected chi connectivity index (χ0v) is 11.4. The van der Waals surface area contributed by atoms with E-state index in [2.05, 4.69) is 4.90 Å². The van der Waals surface area contributed by atoms with Gasteiger partial charge in [0.25, 0.3) is 0 Å². The van der Waals surface area contributed by atoms with Crippen LogP contribution in [0.15, 0.2) is 24.3 Å². The molecule has 3 nitrogen and oxygen atoms in total. The number of methoxy groups -OCH3 is 1. The van der Waals surface area contributed by atoms with Gasteiger partial charge in [0, 0.05) is 17.9 Å². The molecule has 17 heavy (non-hydrogen) atoms. The summed E-state index contributed by atoms with van der Waals surface area (Å²) in [4.78, 5) is 14.0. The fraction of sp³-hybridized carbons (Fsp3) is 0.462. The van der Waals surface area contributed by atoms with Crippen molar-refractivity contribution >= 4 is 17.5 Å². The van der Waals surface area contributed by atoms with Gasteiger partial charge in [-0.2, -0.15) is 11.8 Å². The molecule has 0 bridgehead atoms. The molecule has 0 atom stereocenters. The molecular formula is C13H19NO2S. The van der Waals surface area contributed by atoms with Crippen LogP contribution in [0, 0.1) is 0 Å². The van der Waals surface area contributed by atoms with Crippen molar-refractivity contribution in [2.45, 2.75) is 0 Å². The zero-order chi connectivity index (χ0) is 12.7. The normalized spacial score (nSPS) is 10.6. The first-order valence-electron chi connectivity index (χ1n) is 5.53. The molecule has 1 rings (SSSR count). The Kier molecular flexibility index (Phi) is 6.08. The lowest BCUT2D eigenvalue weighted by atomic mass is 10.1. The molecule has 0 unspecified atom stereocenters. The first-order chi connectivity index (χ1) is 8.13. The molecule has 0 radical (unpaired) electrons. The number of hydrogen-bond donors (Lipinski definition) is 0. The van der Waals surface area contributed by atoms with Gasteiger partial charge in [0.15, 0.2) is 5.78 Å². The van der Waals surface area contributed by atoms with Gasteiger partial charge in [-0.3, -0.25) is 4.79 Å². The van der Waals surface area contributed by atoms with Gasteiger partial charge < -0.3 is 9.64 Å². The predicted molar refractivity (Wildman–Crippen MR) is 73.2 cm³/mol. The molecule has 1 aromatic rings. The SMILES string of the molecule is COc1cccc(C(=O)CSCCN(C)C)c1. The molecule has 0 aliphatic heterocycles. The van der Waals surface area contributed by atoms with Gasteiger partial charge >= 0.3 is 0 Å². The minimum absolute atomic E-state index is 0.160. The van der Waals surface area contributed by atoms with Crippen molar-refractivity contribution in [2.75, 3.05) is 39.3 Å². The highest BCUT2D eigenvalue weighted by atomic mass is 32.2. The van der Waals surface area contributed by atoms with Crippen LogP contribution in [0.25, 0.3) is 0 Å². The Morgan fingerprint density at radius 3 is 2.82 bits per heavy atom. The van der Waals surface area contributed by atoms with Gasteiger partial charge in [-0.15, -0.1) is 0 Å². The third-order valence-corrected chi connectivity index (χ3v) is 3.25. The molecule has 0 spiro atoms. The second-order valence-electron chi connectivity index (χ2n) is 4.01. The smallest absolute Gasteiger partial charge is 0.172 e. The van der Waals surface area contributed by atoms with Gasteiger partial charge in [0.05, 0.1) is 12.9 Å². The van der Waals surface area contributed by atoms with Gasteiger partial charge in [-0.25, -0.2) is 0 Å². The van der Waals surface area contributed by atoms with E-state index in [9.17, 15) is 4.79 Å². The summed E-state index contributed by atoms with van der Waals surface area (Å²) < 4.78 is 5.10. The Hall–Kier alpha value is -1.00. The van der Waals surface area contributed by atoms with E-state index in [0.29, 0.717) is 5.75 Å². The van der Waals surface area contributed by atoms with Gasteiger partial charge in [-0.1, -0.05) is 12.1 Å². The standard InChI is InChI=1S/C13H19NO2S/c1-14(2)7-8-17-10-13(15)11-5-4-6-12(9-11)16-3/h4-6,9H,7-8,10H2,1-3H3. The Morgan fingerprint density at radius 2 is 2.18 bits per heavy atom. The highest BCUT2D eigenvalue weighted by molar-refractivity contribution is 8.00. The molecule has 4 heteroatoms. The topological polar surface area (TPSA) is 29.5 Å². The van der Waals surface area contributed by atoms with E-state index in [-0.39, 0.29) is 5.78 Å². The molecule has 94 valence electrons. The molecule has 1 aromatic carbocycles. The van der Waals surface area contributed by atoms with Crippen LogP contribution in [0.5, 0.6) is 5.75 Å². The molecule has 0 amide bonds. The summed E-state index contributed by atoms with van der Waals surface area (Å²) in [6.45, 7) is 0.996. The van der Waals surface area contributed by atoms with Crippen LogP contribution in [0.1, 0.15) is 10.4 Å². The Morgan fingerprint density at radius 1 is 1.41 bits per heavy atom. The minimum Gasteiger partial charge on any atom is -0.497 e. The van der Waals surface area contributed by atoms with Crippen LogP contribution in [-0.2, 0) is 0 Å². The van der Waals surface area contributed by atoms with E-state index in [1.165, 1.54) is 0 Å². The van der Waals surface area contributed by atoms with Crippen molar-refractivity contribution in [3.8, 4) is 5.75 Å². The lowest BCUT2D eigenvalue weighted by molar-refractivity contribution is 0.102. The lowest BCUT2D eigenvalue weighted by Crippen LogP contribution is -2.15. The number of hydrogen-bond acceptors (Lipinski definition) is 4. The summed E-state index contributed by atoms with van der Waals surface area (Å²) in [7, 11) is 5.67. The molecule has 0 heterocycles. The molecule has 0 aliphatic rings. The number of benzene rings is 1. The maximum Gasteiger partial charge on any atom is 0.172 e. The molecule has 0 fully saturated rings. The largest absolute Gasteiger partial charge is 0.497 e. The Bertz CT molecular complexity index is 366. The third kappa shape index (κ3) is 5.24. The summed E-state index contributed by atoms with van der Waals surface area (Å²) in [6.07, 6.45) is 0. The maximum atomic E-state index is 11.9. The zero-order valence-electron chi connectivity index (χ0n) is 10.6. The second kappa shape index (κ2) is 7.35. The van der Waals surface area contributed by atoms with E-state index < -0.39 is 0 Å². The number of ketones is 1. The van der Waals surface area contributed by atoms with Crippen LogP contribution >= 0.6 is 11.8 Å². The van der Waals surface area contributed by atoms with Crippen molar-refractivity contribution in [2.24, 2.45) is 0 Å². The summed E-state index contributed by atoms with van der Waals surface area (Å²) >= 11 is 1.67. The fourth-order valence-corrected chi connectivity index (χ4v) is 2.28. The van der Waals surface area contributed by atoms with E-state index in [1.807, 2.05) is 32.3 Å². The van der Waals surface area contributed by atoms with E-state index in [0.717, 1.165) is 23.6 Å². The first kappa shape index (κ1) is 14.1. The lowest BCUT2D eigenvalue weighted by Gasteiger charge is -2.08. The van der Waals surface area contributed by atoms with Crippen LogP contribution in [0.2, 0.25) is 0 Å². The van der Waals surface area contributed by atoms with E-state index >= 15 is 0 Å². The fourth-order valence-electron chi connectivity index (χ4n) is 1.29. The summed E-state index contributed by atoms with van der Waals surface area (Å²) in [5.41, 5.74) is 0.724. The summed E-state index contributed by atoms with van der Waals surface area (Å²) in [6, 6.07) is 7.30. The molecule has 0 N–H and O–H groups in total. The number of carbonyl (C=O) groups is 1. The van der Waals surface area contributed by atoms with Crippen LogP contribution in [0.3, 0.4) is 0 Å². The van der Waals surface area contributed by atoms with Crippen molar-refractivity contribution in [3.63, 3.8) is 0 Å². The average Bonchev–Trinajstić information content (AvgIpc) is 2.34. The van der Waals surface area contributed by atoms with Crippen molar-refractivity contribution in [3.05, 3.63) is 29.8 Å². The number of carbonyl (C=O) groups excluding carboxylic acids is 1. The molecule has 0 aromatic heterocycles. The number of thioether (sulfide) groups is 1.